The van der Waals surface area contributed by atoms with E-state index in [4.69, 9.17) is 0 Å². The second kappa shape index (κ2) is 6.69. The van der Waals surface area contributed by atoms with Crippen LogP contribution >= 0.6 is 11.3 Å². The highest BCUT2D eigenvalue weighted by atomic mass is 32.1. The minimum Gasteiger partial charge on any atom is -0.241 e. The van der Waals surface area contributed by atoms with E-state index in [0.29, 0.717) is 24.2 Å². The Kier molecular flexibility index (Phi) is 4.24. The molecule has 0 N–H and O–H groups in total. The Morgan fingerprint density at radius 1 is 0.880 bits per heavy atom. The molecule has 0 radical (unpaired) electrons. The molecule has 5 heteroatoms. The van der Waals surface area contributed by atoms with Crippen LogP contribution < -0.4 is 0 Å². The van der Waals surface area contributed by atoms with Crippen molar-refractivity contribution in [1.82, 2.24) is 15.0 Å². The van der Waals surface area contributed by atoms with Crippen molar-refractivity contribution in [1.29, 1.82) is 0 Å². The van der Waals surface area contributed by atoms with Crippen molar-refractivity contribution in [3.63, 3.8) is 0 Å². The van der Waals surface area contributed by atoms with E-state index in [1.807, 2.05) is 48.5 Å². The number of thiazole rings is 1. The third kappa shape index (κ3) is 3.72. The lowest BCUT2D eigenvalue weighted by Gasteiger charge is -2.04. The third-order valence-corrected chi connectivity index (χ3v) is 4.97. The van der Waals surface area contributed by atoms with Crippen molar-refractivity contribution in [3.05, 3.63) is 88.2 Å². The Hall–Kier alpha value is -2.66. The number of aromatic nitrogens is 3. The fourth-order valence-corrected chi connectivity index (χ4v) is 3.90. The monoisotopic (exact) mass is 349 g/mol. The van der Waals surface area contributed by atoms with E-state index in [-0.39, 0.29) is 0 Å². The van der Waals surface area contributed by atoms with Gasteiger partial charge in [-0.15, -0.1) is 11.3 Å². The topological polar surface area (TPSA) is 38.7 Å². The maximum absolute atomic E-state index is 13.9. The molecule has 2 heterocycles. The van der Waals surface area contributed by atoms with Crippen molar-refractivity contribution in [2.45, 2.75) is 19.8 Å². The number of hydrogen-bond acceptors (Lipinski definition) is 4. The van der Waals surface area contributed by atoms with Gasteiger partial charge in [0.25, 0.3) is 0 Å². The first-order valence-corrected chi connectivity index (χ1v) is 8.90. The SMILES string of the molecule is Cc1ccc2nc(Cc3cc(Cc4ccccc4)nc(F)n3)sc2c1. The molecule has 0 atom stereocenters. The zero-order valence-electron chi connectivity index (χ0n) is 13.7. The summed E-state index contributed by atoms with van der Waals surface area (Å²) in [6.07, 6.45) is 0.423. The molecule has 0 aliphatic rings. The zero-order chi connectivity index (χ0) is 17.2. The molecule has 0 unspecified atom stereocenters. The van der Waals surface area contributed by atoms with Gasteiger partial charge in [-0.05, 0) is 36.2 Å². The van der Waals surface area contributed by atoms with Gasteiger partial charge in [-0.3, -0.25) is 0 Å². The average molecular weight is 349 g/mol. The Morgan fingerprint density at radius 3 is 2.44 bits per heavy atom. The van der Waals surface area contributed by atoms with Crippen LogP contribution in [-0.4, -0.2) is 15.0 Å². The van der Waals surface area contributed by atoms with Gasteiger partial charge in [0.2, 0.25) is 0 Å². The number of hydrogen-bond donors (Lipinski definition) is 0. The van der Waals surface area contributed by atoms with Crippen LogP contribution in [-0.2, 0) is 12.8 Å². The summed E-state index contributed by atoms with van der Waals surface area (Å²) in [7, 11) is 0. The molecule has 3 nitrogen and oxygen atoms in total. The number of halogens is 1. The summed E-state index contributed by atoms with van der Waals surface area (Å²) in [5, 5.41) is 0.935. The largest absolute Gasteiger partial charge is 0.309 e. The zero-order valence-corrected chi connectivity index (χ0v) is 14.6. The number of nitrogens with zero attached hydrogens (tertiary/aromatic N) is 3. The van der Waals surface area contributed by atoms with E-state index < -0.39 is 6.08 Å². The minimum absolute atomic E-state index is 0.514. The van der Waals surface area contributed by atoms with E-state index in [0.717, 1.165) is 20.8 Å². The molecule has 124 valence electrons. The van der Waals surface area contributed by atoms with E-state index in [2.05, 4.69) is 27.9 Å². The Bertz CT molecular complexity index is 1030. The summed E-state index contributed by atoms with van der Waals surface area (Å²) >= 11 is 1.63. The predicted octanol–water partition coefficient (Wildman–Crippen LogP) is 4.72. The van der Waals surface area contributed by atoms with Crippen LogP contribution in [0.2, 0.25) is 0 Å². The Morgan fingerprint density at radius 2 is 1.64 bits per heavy atom. The van der Waals surface area contributed by atoms with Gasteiger partial charge in [-0.2, -0.15) is 4.39 Å². The molecule has 0 bridgehead atoms. The molecule has 0 aliphatic carbocycles. The molecular weight excluding hydrogens is 333 g/mol. The summed E-state index contributed by atoms with van der Waals surface area (Å²) in [6.45, 7) is 2.06. The molecule has 25 heavy (non-hydrogen) atoms. The molecule has 0 saturated heterocycles. The van der Waals surface area contributed by atoms with Gasteiger partial charge in [0.1, 0.15) is 0 Å². The third-order valence-electron chi connectivity index (χ3n) is 3.95. The lowest BCUT2D eigenvalue weighted by molar-refractivity contribution is 0.527. The highest BCUT2D eigenvalue weighted by Crippen LogP contribution is 2.24. The van der Waals surface area contributed by atoms with Gasteiger partial charge in [0.05, 0.1) is 26.6 Å². The highest BCUT2D eigenvalue weighted by molar-refractivity contribution is 7.18. The lowest BCUT2D eigenvalue weighted by Crippen LogP contribution is -2.02. The van der Waals surface area contributed by atoms with Crippen molar-refractivity contribution in [3.8, 4) is 0 Å². The van der Waals surface area contributed by atoms with Gasteiger partial charge in [0, 0.05) is 12.8 Å². The quantitative estimate of drug-likeness (QED) is 0.501. The van der Waals surface area contributed by atoms with Gasteiger partial charge in [0.15, 0.2) is 0 Å². The summed E-state index contributed by atoms with van der Waals surface area (Å²) in [6, 6.07) is 18.0. The van der Waals surface area contributed by atoms with Crippen LogP contribution in [0.5, 0.6) is 0 Å². The molecule has 4 rings (SSSR count). The van der Waals surface area contributed by atoms with Crippen LogP contribution in [0.15, 0.2) is 54.6 Å². The Labute approximate surface area is 149 Å². The summed E-state index contributed by atoms with van der Waals surface area (Å²) in [5.41, 5.74) is 4.63. The molecule has 0 fully saturated rings. The van der Waals surface area contributed by atoms with E-state index in [1.165, 1.54) is 5.56 Å². The van der Waals surface area contributed by atoms with Gasteiger partial charge < -0.3 is 0 Å². The predicted molar refractivity (Wildman–Crippen MR) is 98.4 cm³/mol. The number of fused-ring (bicyclic) bond motifs is 1. The standard InChI is InChI=1S/C20H16FN3S/c1-13-7-8-17-18(9-13)25-19(24-17)12-16-11-15(22-20(21)23-16)10-14-5-3-2-4-6-14/h2-9,11H,10,12H2,1H3. The molecule has 4 aromatic rings. The smallest absolute Gasteiger partial charge is 0.241 e. The normalized spacial score (nSPS) is 11.1. The van der Waals surface area contributed by atoms with Crippen LogP contribution in [0.25, 0.3) is 10.2 Å². The van der Waals surface area contributed by atoms with Crippen molar-refractivity contribution in [2.24, 2.45) is 0 Å². The van der Waals surface area contributed by atoms with Gasteiger partial charge >= 0.3 is 6.08 Å². The average Bonchev–Trinajstić information content (AvgIpc) is 2.96. The van der Waals surface area contributed by atoms with Crippen LogP contribution in [0.3, 0.4) is 0 Å². The first kappa shape index (κ1) is 15.8. The Balaban J connectivity index is 1.61. The maximum atomic E-state index is 13.9. The lowest BCUT2D eigenvalue weighted by atomic mass is 10.1. The molecule has 0 aliphatic heterocycles. The van der Waals surface area contributed by atoms with Crippen molar-refractivity contribution < 1.29 is 4.39 Å². The number of aryl methyl sites for hydroxylation is 1. The number of rotatable bonds is 4. The second-order valence-corrected chi connectivity index (χ2v) is 7.15. The summed E-state index contributed by atoms with van der Waals surface area (Å²) < 4.78 is 15.0. The van der Waals surface area contributed by atoms with Crippen LogP contribution in [0.4, 0.5) is 4.39 Å². The van der Waals surface area contributed by atoms with E-state index in [1.54, 1.807) is 11.3 Å². The molecule has 0 amide bonds. The summed E-state index contributed by atoms with van der Waals surface area (Å²) in [4.78, 5) is 12.5. The second-order valence-electron chi connectivity index (χ2n) is 6.04. The molecule has 0 spiro atoms. The fourth-order valence-electron chi connectivity index (χ4n) is 2.82. The first-order valence-electron chi connectivity index (χ1n) is 8.08. The van der Waals surface area contributed by atoms with Crippen LogP contribution in [0.1, 0.15) is 27.5 Å². The highest BCUT2D eigenvalue weighted by Gasteiger charge is 2.10. The van der Waals surface area contributed by atoms with E-state index >= 15 is 0 Å². The number of benzene rings is 2. The molecule has 2 aromatic carbocycles. The minimum atomic E-state index is -0.680. The summed E-state index contributed by atoms with van der Waals surface area (Å²) in [5.74, 6) is 0. The van der Waals surface area contributed by atoms with E-state index in [9.17, 15) is 4.39 Å². The van der Waals surface area contributed by atoms with Crippen molar-refractivity contribution >= 4 is 21.6 Å². The maximum Gasteiger partial charge on any atom is 0.309 e. The van der Waals surface area contributed by atoms with Crippen molar-refractivity contribution in [2.75, 3.05) is 0 Å². The van der Waals surface area contributed by atoms with Crippen LogP contribution in [0, 0.1) is 13.0 Å². The molecule has 0 saturated carbocycles. The first-order chi connectivity index (χ1) is 12.2. The fraction of sp³-hybridized carbons (Fsp3) is 0.150. The van der Waals surface area contributed by atoms with Gasteiger partial charge in [-0.25, -0.2) is 15.0 Å². The van der Waals surface area contributed by atoms with Gasteiger partial charge in [-0.1, -0.05) is 36.4 Å². The molecule has 2 aromatic heterocycles. The molecular formula is C20H16FN3S.